The highest BCUT2D eigenvalue weighted by molar-refractivity contribution is 5.92. The molecule has 14 heavy (non-hydrogen) atoms. The van der Waals surface area contributed by atoms with Crippen LogP contribution in [0.25, 0.3) is 0 Å². The summed E-state index contributed by atoms with van der Waals surface area (Å²) in [7, 11) is 0. The van der Waals surface area contributed by atoms with Gasteiger partial charge in [0, 0.05) is 17.8 Å². The molecule has 1 nitrogen and oxygen atoms in total. The fourth-order valence-corrected chi connectivity index (χ4v) is 2.32. The number of rotatable bonds is 2. The number of Topliss-reactive ketones (excluding diaryl/α,β-unsaturated/α-hetero) is 1. The molecule has 0 radical (unpaired) electrons. The van der Waals surface area contributed by atoms with Gasteiger partial charge in [-0.05, 0) is 12.0 Å². The summed E-state index contributed by atoms with van der Waals surface area (Å²) in [5.41, 5.74) is 1.22. The molecule has 0 spiro atoms. The standard InChI is InChI=1S/C13H16O/c1-3-13(2)11(9-12(13)14)10-7-5-4-6-8-10/h4-8,11H,3,9H2,1-2H3. The van der Waals surface area contributed by atoms with E-state index in [0.717, 1.165) is 12.8 Å². The van der Waals surface area contributed by atoms with Crippen LogP contribution >= 0.6 is 0 Å². The third-order valence-corrected chi connectivity index (χ3v) is 3.73. The first-order valence-electron chi connectivity index (χ1n) is 5.26. The van der Waals surface area contributed by atoms with Crippen molar-refractivity contribution in [1.29, 1.82) is 0 Å². The van der Waals surface area contributed by atoms with Gasteiger partial charge in [0.05, 0.1) is 0 Å². The molecule has 1 aromatic carbocycles. The highest BCUT2D eigenvalue weighted by atomic mass is 16.1. The highest BCUT2D eigenvalue weighted by Gasteiger charge is 2.49. The Bertz CT molecular complexity index is 342. The third kappa shape index (κ3) is 1.19. The fraction of sp³-hybridized carbons (Fsp3) is 0.462. The Labute approximate surface area is 85.1 Å². The van der Waals surface area contributed by atoms with Crippen molar-refractivity contribution in [2.75, 3.05) is 0 Å². The lowest BCUT2D eigenvalue weighted by molar-refractivity contribution is -0.139. The van der Waals surface area contributed by atoms with Gasteiger partial charge in [-0.15, -0.1) is 0 Å². The Morgan fingerprint density at radius 3 is 2.50 bits per heavy atom. The van der Waals surface area contributed by atoms with Crippen molar-refractivity contribution in [1.82, 2.24) is 0 Å². The molecule has 0 aromatic heterocycles. The zero-order valence-electron chi connectivity index (χ0n) is 8.79. The van der Waals surface area contributed by atoms with Gasteiger partial charge in [0.25, 0.3) is 0 Å². The molecular formula is C13H16O. The van der Waals surface area contributed by atoms with E-state index < -0.39 is 0 Å². The molecule has 1 heteroatoms. The Morgan fingerprint density at radius 2 is 2.00 bits per heavy atom. The van der Waals surface area contributed by atoms with Gasteiger partial charge < -0.3 is 0 Å². The molecule has 0 saturated heterocycles. The number of carbonyl (C=O) groups excluding carboxylic acids is 1. The Morgan fingerprint density at radius 1 is 1.36 bits per heavy atom. The largest absolute Gasteiger partial charge is 0.299 e. The van der Waals surface area contributed by atoms with E-state index >= 15 is 0 Å². The van der Waals surface area contributed by atoms with Gasteiger partial charge in [-0.25, -0.2) is 0 Å². The fourth-order valence-electron chi connectivity index (χ4n) is 2.32. The van der Waals surface area contributed by atoms with Gasteiger partial charge in [-0.3, -0.25) is 4.79 Å². The summed E-state index contributed by atoms with van der Waals surface area (Å²) in [6.45, 7) is 4.20. The maximum atomic E-state index is 11.6. The topological polar surface area (TPSA) is 17.1 Å². The molecule has 0 N–H and O–H groups in total. The molecule has 0 amide bonds. The zero-order chi connectivity index (χ0) is 10.2. The van der Waals surface area contributed by atoms with E-state index in [2.05, 4.69) is 26.0 Å². The van der Waals surface area contributed by atoms with E-state index in [1.165, 1.54) is 5.56 Å². The number of carbonyl (C=O) groups is 1. The second kappa shape index (κ2) is 3.23. The first-order valence-corrected chi connectivity index (χ1v) is 5.26. The number of hydrogen-bond donors (Lipinski definition) is 0. The van der Waals surface area contributed by atoms with Gasteiger partial charge in [0.1, 0.15) is 5.78 Å². The number of ketones is 1. The summed E-state index contributed by atoms with van der Waals surface area (Å²) in [5.74, 6) is 0.870. The Hall–Kier alpha value is -1.11. The van der Waals surface area contributed by atoms with E-state index in [1.807, 2.05) is 18.2 Å². The van der Waals surface area contributed by atoms with E-state index in [-0.39, 0.29) is 5.41 Å². The van der Waals surface area contributed by atoms with Crippen molar-refractivity contribution in [3.8, 4) is 0 Å². The molecule has 74 valence electrons. The van der Waals surface area contributed by atoms with Gasteiger partial charge in [-0.1, -0.05) is 44.2 Å². The monoisotopic (exact) mass is 188 g/mol. The summed E-state index contributed by atoms with van der Waals surface area (Å²) in [4.78, 5) is 11.6. The first-order chi connectivity index (χ1) is 6.68. The van der Waals surface area contributed by atoms with Crippen molar-refractivity contribution >= 4 is 5.78 Å². The lowest BCUT2D eigenvalue weighted by atomic mass is 9.56. The average Bonchev–Trinajstić information content (AvgIpc) is 2.25. The zero-order valence-corrected chi connectivity index (χ0v) is 8.79. The molecule has 0 aliphatic heterocycles. The minimum absolute atomic E-state index is 0.0959. The van der Waals surface area contributed by atoms with Crippen molar-refractivity contribution in [3.63, 3.8) is 0 Å². The molecule has 0 heterocycles. The summed E-state index contributed by atoms with van der Waals surface area (Å²) in [5, 5.41) is 0. The predicted octanol–water partition coefficient (Wildman–Crippen LogP) is 3.16. The Kier molecular flexibility index (Phi) is 2.18. The van der Waals surface area contributed by atoms with Crippen molar-refractivity contribution in [2.45, 2.75) is 32.6 Å². The molecule has 2 unspecified atom stereocenters. The van der Waals surface area contributed by atoms with Crippen LogP contribution in [0.4, 0.5) is 0 Å². The van der Waals surface area contributed by atoms with E-state index in [1.54, 1.807) is 0 Å². The maximum Gasteiger partial charge on any atom is 0.140 e. The van der Waals surface area contributed by atoms with Crippen LogP contribution in [0.5, 0.6) is 0 Å². The Balaban J connectivity index is 2.27. The minimum Gasteiger partial charge on any atom is -0.299 e. The molecule has 0 bridgehead atoms. The third-order valence-electron chi connectivity index (χ3n) is 3.73. The van der Waals surface area contributed by atoms with E-state index in [0.29, 0.717) is 11.7 Å². The second-order valence-electron chi connectivity index (χ2n) is 4.36. The molecule has 1 fully saturated rings. The lowest BCUT2D eigenvalue weighted by Crippen LogP contribution is -2.45. The summed E-state index contributed by atoms with van der Waals surface area (Å²) >= 11 is 0. The molecule has 2 atom stereocenters. The van der Waals surface area contributed by atoms with Crippen LogP contribution in [0.1, 0.15) is 38.2 Å². The van der Waals surface area contributed by atoms with Crippen LogP contribution in [-0.4, -0.2) is 5.78 Å². The highest BCUT2D eigenvalue weighted by Crippen LogP contribution is 2.51. The van der Waals surface area contributed by atoms with Crippen LogP contribution in [0, 0.1) is 5.41 Å². The van der Waals surface area contributed by atoms with Crippen LogP contribution in [0.15, 0.2) is 30.3 Å². The molecular weight excluding hydrogens is 172 g/mol. The second-order valence-corrected chi connectivity index (χ2v) is 4.36. The summed E-state index contributed by atoms with van der Waals surface area (Å²) in [6.07, 6.45) is 1.68. The molecule has 1 aliphatic carbocycles. The van der Waals surface area contributed by atoms with Crippen LogP contribution in [0.2, 0.25) is 0 Å². The van der Waals surface area contributed by atoms with E-state index in [4.69, 9.17) is 0 Å². The van der Waals surface area contributed by atoms with Crippen LogP contribution in [0.3, 0.4) is 0 Å². The molecule has 1 aromatic rings. The van der Waals surface area contributed by atoms with Crippen molar-refractivity contribution in [3.05, 3.63) is 35.9 Å². The number of hydrogen-bond acceptors (Lipinski definition) is 1. The van der Waals surface area contributed by atoms with Crippen molar-refractivity contribution in [2.24, 2.45) is 5.41 Å². The first kappa shape index (κ1) is 9.45. The molecule has 2 rings (SSSR count). The van der Waals surface area contributed by atoms with Gasteiger partial charge in [-0.2, -0.15) is 0 Å². The normalized spacial score (nSPS) is 31.3. The SMILES string of the molecule is CCC1(C)C(=O)CC1c1ccccc1. The molecule has 1 saturated carbocycles. The quantitative estimate of drug-likeness (QED) is 0.696. The van der Waals surface area contributed by atoms with Gasteiger partial charge in [0.2, 0.25) is 0 Å². The van der Waals surface area contributed by atoms with E-state index in [9.17, 15) is 4.79 Å². The number of benzene rings is 1. The van der Waals surface area contributed by atoms with Crippen LogP contribution in [-0.2, 0) is 4.79 Å². The van der Waals surface area contributed by atoms with Crippen molar-refractivity contribution < 1.29 is 4.79 Å². The molecule has 1 aliphatic rings. The lowest BCUT2D eigenvalue weighted by Gasteiger charge is -2.45. The summed E-state index contributed by atoms with van der Waals surface area (Å²) < 4.78 is 0. The minimum atomic E-state index is -0.0959. The maximum absolute atomic E-state index is 11.6. The average molecular weight is 188 g/mol. The smallest absolute Gasteiger partial charge is 0.140 e. The predicted molar refractivity (Wildman–Crippen MR) is 57.2 cm³/mol. The van der Waals surface area contributed by atoms with Gasteiger partial charge in [0.15, 0.2) is 0 Å². The summed E-state index contributed by atoms with van der Waals surface area (Å²) in [6, 6.07) is 10.4. The van der Waals surface area contributed by atoms with Gasteiger partial charge >= 0.3 is 0 Å². The van der Waals surface area contributed by atoms with Crippen LogP contribution < -0.4 is 0 Å².